The van der Waals surface area contributed by atoms with E-state index in [0.29, 0.717) is 18.7 Å². The van der Waals surface area contributed by atoms with Gasteiger partial charge in [0.15, 0.2) is 0 Å². The number of aromatic nitrogens is 1. The number of benzene rings is 1. The first-order chi connectivity index (χ1) is 9.32. The van der Waals surface area contributed by atoms with Gasteiger partial charge in [-0.25, -0.2) is 9.37 Å². The Labute approximate surface area is 117 Å². The second-order valence-electron chi connectivity index (χ2n) is 4.25. The van der Waals surface area contributed by atoms with Crippen LogP contribution in [0.5, 0.6) is 0 Å². The molecule has 0 aliphatic carbocycles. The van der Waals surface area contributed by atoms with Crippen molar-refractivity contribution in [3.63, 3.8) is 0 Å². The van der Waals surface area contributed by atoms with Crippen molar-refractivity contribution in [3.05, 3.63) is 40.2 Å². The lowest BCUT2D eigenvalue weighted by atomic mass is 10.1. The normalized spacial score (nSPS) is 11.9. The Morgan fingerprint density at radius 3 is 2.60 bits per heavy atom. The van der Waals surface area contributed by atoms with Crippen molar-refractivity contribution < 1.29 is 17.6 Å². The summed E-state index contributed by atoms with van der Waals surface area (Å²) >= 11 is 1.12. The highest BCUT2D eigenvalue weighted by atomic mass is 32.1. The molecular formula is C13H12F4N2S. The second kappa shape index (κ2) is 5.49. The van der Waals surface area contributed by atoms with Crippen LogP contribution in [-0.2, 0) is 12.6 Å². The van der Waals surface area contributed by atoms with E-state index in [1.54, 1.807) is 6.92 Å². The molecule has 0 spiro atoms. The molecule has 108 valence electrons. The van der Waals surface area contributed by atoms with Crippen LogP contribution in [-0.4, -0.2) is 11.5 Å². The lowest BCUT2D eigenvalue weighted by Crippen LogP contribution is -2.07. The molecule has 2 nitrogen and oxygen atoms in total. The van der Waals surface area contributed by atoms with E-state index >= 15 is 0 Å². The van der Waals surface area contributed by atoms with Gasteiger partial charge in [0.2, 0.25) is 0 Å². The standard InChI is InChI=1S/C13H12F4N2S/c1-7-11(4-5-18)20-12(19-7)9-6-8(14)2-3-10(9)13(15,16)17/h2-3,6H,4-5,18H2,1H3. The van der Waals surface area contributed by atoms with Crippen LogP contribution >= 0.6 is 11.3 Å². The average Bonchev–Trinajstić information content (AvgIpc) is 2.70. The van der Waals surface area contributed by atoms with Crippen LogP contribution in [0.2, 0.25) is 0 Å². The second-order valence-corrected chi connectivity index (χ2v) is 5.34. The molecule has 0 atom stereocenters. The summed E-state index contributed by atoms with van der Waals surface area (Å²) in [7, 11) is 0. The van der Waals surface area contributed by atoms with E-state index in [4.69, 9.17) is 5.73 Å². The monoisotopic (exact) mass is 304 g/mol. The molecule has 20 heavy (non-hydrogen) atoms. The maximum absolute atomic E-state index is 13.3. The molecule has 0 fully saturated rings. The van der Waals surface area contributed by atoms with E-state index < -0.39 is 17.6 Å². The molecule has 0 saturated heterocycles. The van der Waals surface area contributed by atoms with Gasteiger partial charge in [0.25, 0.3) is 0 Å². The van der Waals surface area contributed by atoms with Crippen LogP contribution in [0.15, 0.2) is 18.2 Å². The summed E-state index contributed by atoms with van der Waals surface area (Å²) in [5, 5.41) is 0.165. The minimum absolute atomic E-state index is 0.165. The van der Waals surface area contributed by atoms with Gasteiger partial charge in [-0.05, 0) is 38.1 Å². The third kappa shape index (κ3) is 2.99. The predicted molar refractivity (Wildman–Crippen MR) is 70.0 cm³/mol. The van der Waals surface area contributed by atoms with Gasteiger partial charge in [-0.2, -0.15) is 13.2 Å². The number of hydrogen-bond donors (Lipinski definition) is 1. The number of hydrogen-bond acceptors (Lipinski definition) is 3. The maximum atomic E-state index is 13.3. The predicted octanol–water partition coefficient (Wildman–Crippen LogP) is 3.78. The molecule has 2 rings (SSSR count). The van der Waals surface area contributed by atoms with Crippen molar-refractivity contribution in [2.45, 2.75) is 19.5 Å². The number of alkyl halides is 3. The van der Waals surface area contributed by atoms with Crippen LogP contribution < -0.4 is 5.73 Å². The molecule has 1 aromatic heterocycles. The van der Waals surface area contributed by atoms with Crippen molar-refractivity contribution in [2.75, 3.05) is 6.54 Å². The SMILES string of the molecule is Cc1nc(-c2cc(F)ccc2C(F)(F)F)sc1CCN. The number of nitrogens with two attached hydrogens (primary N) is 1. The van der Waals surface area contributed by atoms with Crippen LogP contribution in [0, 0.1) is 12.7 Å². The zero-order chi connectivity index (χ0) is 14.9. The van der Waals surface area contributed by atoms with E-state index in [-0.39, 0.29) is 10.6 Å². The summed E-state index contributed by atoms with van der Waals surface area (Å²) < 4.78 is 52.1. The van der Waals surface area contributed by atoms with E-state index in [2.05, 4.69) is 4.98 Å². The zero-order valence-electron chi connectivity index (χ0n) is 10.6. The summed E-state index contributed by atoms with van der Waals surface area (Å²) in [5.74, 6) is -0.721. The molecule has 0 unspecified atom stereocenters. The molecule has 0 aliphatic heterocycles. The Balaban J connectivity index is 2.56. The highest BCUT2D eigenvalue weighted by molar-refractivity contribution is 7.15. The molecule has 0 saturated carbocycles. The number of nitrogens with zero attached hydrogens (tertiary/aromatic N) is 1. The van der Waals surface area contributed by atoms with Crippen LogP contribution in [0.4, 0.5) is 17.6 Å². The maximum Gasteiger partial charge on any atom is 0.417 e. The van der Waals surface area contributed by atoms with Gasteiger partial charge >= 0.3 is 6.18 Å². The number of halogens is 4. The summed E-state index contributed by atoms with van der Waals surface area (Å²) in [4.78, 5) is 4.93. The summed E-state index contributed by atoms with van der Waals surface area (Å²) in [6.45, 7) is 2.09. The Morgan fingerprint density at radius 2 is 2.00 bits per heavy atom. The van der Waals surface area contributed by atoms with E-state index in [0.717, 1.165) is 34.4 Å². The van der Waals surface area contributed by atoms with Crippen LogP contribution in [0.3, 0.4) is 0 Å². The van der Waals surface area contributed by atoms with Gasteiger partial charge in [0.05, 0.1) is 11.3 Å². The molecule has 2 aromatic rings. The van der Waals surface area contributed by atoms with Gasteiger partial charge in [0.1, 0.15) is 10.8 Å². The van der Waals surface area contributed by atoms with Gasteiger partial charge in [-0.15, -0.1) is 11.3 Å². The third-order valence-electron chi connectivity index (χ3n) is 2.78. The minimum Gasteiger partial charge on any atom is -0.330 e. The number of thiazole rings is 1. The van der Waals surface area contributed by atoms with E-state index in [9.17, 15) is 17.6 Å². The van der Waals surface area contributed by atoms with Crippen molar-refractivity contribution in [3.8, 4) is 10.6 Å². The summed E-state index contributed by atoms with van der Waals surface area (Å²) in [6.07, 6.45) is -4.00. The van der Waals surface area contributed by atoms with Gasteiger partial charge in [-0.3, -0.25) is 0 Å². The Kier molecular flexibility index (Phi) is 4.10. The zero-order valence-corrected chi connectivity index (χ0v) is 11.4. The van der Waals surface area contributed by atoms with Crippen molar-refractivity contribution in [2.24, 2.45) is 5.73 Å². The van der Waals surface area contributed by atoms with Crippen molar-refractivity contribution in [1.82, 2.24) is 4.98 Å². The van der Waals surface area contributed by atoms with Gasteiger partial charge in [-0.1, -0.05) is 0 Å². The third-order valence-corrected chi connectivity index (χ3v) is 4.03. The molecule has 0 radical (unpaired) electrons. The molecule has 1 aromatic carbocycles. The van der Waals surface area contributed by atoms with Crippen molar-refractivity contribution >= 4 is 11.3 Å². The molecule has 2 N–H and O–H groups in total. The van der Waals surface area contributed by atoms with Crippen molar-refractivity contribution in [1.29, 1.82) is 0 Å². The quantitative estimate of drug-likeness (QED) is 0.877. The molecule has 0 aliphatic rings. The minimum atomic E-state index is -4.55. The van der Waals surface area contributed by atoms with Crippen LogP contribution in [0.1, 0.15) is 16.1 Å². The topological polar surface area (TPSA) is 38.9 Å². The number of rotatable bonds is 3. The summed E-state index contributed by atoms with van der Waals surface area (Å²) in [5.41, 5.74) is 4.96. The number of aryl methyl sites for hydroxylation is 1. The highest BCUT2D eigenvalue weighted by Gasteiger charge is 2.34. The first-order valence-electron chi connectivity index (χ1n) is 5.86. The largest absolute Gasteiger partial charge is 0.417 e. The lowest BCUT2D eigenvalue weighted by molar-refractivity contribution is -0.137. The Bertz CT molecular complexity index is 619. The fraction of sp³-hybridized carbons (Fsp3) is 0.308. The lowest BCUT2D eigenvalue weighted by Gasteiger charge is -2.10. The Morgan fingerprint density at radius 1 is 1.30 bits per heavy atom. The van der Waals surface area contributed by atoms with Gasteiger partial charge in [0, 0.05) is 10.4 Å². The van der Waals surface area contributed by atoms with E-state index in [1.165, 1.54) is 0 Å². The fourth-order valence-corrected chi connectivity index (χ4v) is 2.95. The first kappa shape index (κ1) is 14.9. The first-order valence-corrected chi connectivity index (χ1v) is 6.68. The summed E-state index contributed by atoms with van der Waals surface area (Å²) in [6, 6.07) is 2.41. The molecule has 0 amide bonds. The molecule has 0 bridgehead atoms. The smallest absolute Gasteiger partial charge is 0.330 e. The molecule has 1 heterocycles. The highest BCUT2D eigenvalue weighted by Crippen LogP contribution is 2.39. The molecule has 7 heteroatoms. The average molecular weight is 304 g/mol. The van der Waals surface area contributed by atoms with E-state index in [1.807, 2.05) is 0 Å². The molecular weight excluding hydrogens is 292 g/mol. The fourth-order valence-electron chi connectivity index (χ4n) is 1.85. The van der Waals surface area contributed by atoms with Crippen LogP contribution in [0.25, 0.3) is 10.6 Å². The Hall–Kier alpha value is -1.47. The van der Waals surface area contributed by atoms with Gasteiger partial charge < -0.3 is 5.73 Å².